The van der Waals surface area contributed by atoms with E-state index < -0.39 is 27.8 Å². The third kappa shape index (κ3) is 5.74. The first-order valence-corrected chi connectivity index (χ1v) is 12.7. The molecule has 1 amide bonds. The molecule has 14 heteroatoms. The van der Waals surface area contributed by atoms with Gasteiger partial charge in [0.25, 0.3) is 0 Å². The van der Waals surface area contributed by atoms with Gasteiger partial charge in [-0.05, 0) is 51.1 Å². The highest BCUT2D eigenvalue weighted by molar-refractivity contribution is 7.92. The largest absolute Gasteiger partial charge is 0.454 e. The van der Waals surface area contributed by atoms with Crippen LogP contribution in [-0.2, 0) is 14.8 Å². The third-order valence-electron chi connectivity index (χ3n) is 5.08. The highest BCUT2D eigenvalue weighted by Crippen LogP contribution is 2.37. The maximum atomic E-state index is 14.4. The molecule has 0 unspecified atom stereocenters. The molecule has 0 aliphatic carbocycles. The lowest BCUT2D eigenvalue weighted by molar-refractivity contribution is 0.168. The van der Waals surface area contributed by atoms with Gasteiger partial charge in [-0.2, -0.15) is 0 Å². The minimum atomic E-state index is -3.63. The van der Waals surface area contributed by atoms with Crippen molar-refractivity contribution in [3.63, 3.8) is 0 Å². The normalized spacial score (nSPS) is 11.4. The van der Waals surface area contributed by atoms with Crippen LogP contribution >= 0.6 is 0 Å². The molecule has 0 spiro atoms. The van der Waals surface area contributed by atoms with Gasteiger partial charge in [-0.1, -0.05) is 0 Å². The van der Waals surface area contributed by atoms with E-state index in [2.05, 4.69) is 25.2 Å². The maximum Gasteiger partial charge on any atom is 0.412 e. The lowest BCUT2D eigenvalue weighted by Crippen LogP contribution is -2.16. The van der Waals surface area contributed by atoms with Crippen LogP contribution in [0.1, 0.15) is 19.7 Å². The Morgan fingerprint density at radius 2 is 1.84 bits per heavy atom. The zero-order valence-corrected chi connectivity index (χ0v) is 20.8. The molecule has 194 valence electrons. The van der Waals surface area contributed by atoms with Crippen molar-refractivity contribution in [2.45, 2.75) is 20.8 Å². The molecule has 11 nitrogen and oxygen atoms in total. The summed E-state index contributed by atoms with van der Waals surface area (Å²) in [4.78, 5) is 16.6. The first-order valence-electron chi connectivity index (χ1n) is 11.0. The van der Waals surface area contributed by atoms with Crippen LogP contribution in [0.5, 0.6) is 11.5 Å². The Morgan fingerprint density at radius 3 is 2.54 bits per heavy atom. The summed E-state index contributed by atoms with van der Waals surface area (Å²) in [5.41, 5.74) is 0.828. The summed E-state index contributed by atoms with van der Waals surface area (Å²) in [5, 5.41) is 10.5. The van der Waals surface area contributed by atoms with Crippen molar-refractivity contribution in [1.29, 1.82) is 0 Å². The number of rotatable bonds is 8. The average molecular weight is 533 g/mol. The Kier molecular flexibility index (Phi) is 7.20. The number of benzene rings is 2. The fourth-order valence-corrected chi connectivity index (χ4v) is 3.93. The van der Waals surface area contributed by atoms with Gasteiger partial charge in [0.2, 0.25) is 15.7 Å². The van der Waals surface area contributed by atoms with E-state index in [9.17, 15) is 22.0 Å². The minimum Gasteiger partial charge on any atom is -0.454 e. The van der Waals surface area contributed by atoms with Crippen molar-refractivity contribution < 1.29 is 31.5 Å². The summed E-state index contributed by atoms with van der Waals surface area (Å²) in [6.45, 7) is 4.92. The number of halogens is 2. The summed E-state index contributed by atoms with van der Waals surface area (Å²) < 4.78 is 66.8. The molecule has 0 aliphatic rings. The van der Waals surface area contributed by atoms with Gasteiger partial charge in [0.05, 0.1) is 18.1 Å². The number of amides is 1. The van der Waals surface area contributed by atoms with Gasteiger partial charge >= 0.3 is 6.09 Å². The quantitative estimate of drug-likeness (QED) is 0.338. The molecule has 2 N–H and O–H groups in total. The number of aryl methyl sites for hydroxylation is 1. The lowest BCUT2D eigenvalue weighted by atomic mass is 10.1. The molecule has 0 saturated heterocycles. The van der Waals surface area contributed by atoms with Crippen molar-refractivity contribution in [3.8, 4) is 22.8 Å². The molecule has 2 aromatic carbocycles. The van der Waals surface area contributed by atoms with Crippen LogP contribution in [0.4, 0.5) is 25.1 Å². The number of nitrogens with one attached hydrogen (secondary N) is 2. The van der Waals surface area contributed by atoms with E-state index in [1.165, 1.54) is 25.1 Å². The highest BCUT2D eigenvalue weighted by Gasteiger charge is 2.20. The van der Waals surface area contributed by atoms with Crippen molar-refractivity contribution in [1.82, 2.24) is 19.6 Å². The van der Waals surface area contributed by atoms with Gasteiger partial charge in [-0.15, -0.1) is 10.2 Å². The maximum absolute atomic E-state index is 14.4. The van der Waals surface area contributed by atoms with E-state index in [0.29, 0.717) is 11.9 Å². The first-order chi connectivity index (χ1) is 17.6. The molecule has 0 fully saturated rings. The van der Waals surface area contributed by atoms with Crippen molar-refractivity contribution in [2.75, 3.05) is 22.4 Å². The number of nitrogens with zero attached hydrogens (tertiary/aromatic N) is 4. The average Bonchev–Trinajstić information content (AvgIpc) is 3.22. The molecule has 4 rings (SSSR count). The number of ether oxygens (including phenoxy) is 2. The van der Waals surface area contributed by atoms with Gasteiger partial charge < -0.3 is 9.47 Å². The minimum absolute atomic E-state index is 0.00926. The standard InChI is InChI=1S/C23H22F2N6O5S/c1-4-35-23(32)27-21-22-29-28-13(3)31(22)12-18(26-21)16-11-15(30-37(33,34)5-2)7-9-19(16)36-20-8-6-14(24)10-17(20)25/h6-12,30H,4-5H2,1-3H3,(H,26,27,32). The smallest absolute Gasteiger partial charge is 0.412 e. The Balaban J connectivity index is 1.89. The molecule has 0 bridgehead atoms. The van der Waals surface area contributed by atoms with Gasteiger partial charge in [0.15, 0.2) is 17.4 Å². The number of fused-ring (bicyclic) bond motifs is 1. The molecule has 2 heterocycles. The van der Waals surface area contributed by atoms with Gasteiger partial charge in [-0.3, -0.25) is 14.4 Å². The number of sulfonamides is 1. The zero-order chi connectivity index (χ0) is 26.7. The van der Waals surface area contributed by atoms with Crippen LogP contribution < -0.4 is 14.8 Å². The second-order valence-electron chi connectivity index (χ2n) is 7.65. The predicted molar refractivity (Wildman–Crippen MR) is 131 cm³/mol. The second kappa shape index (κ2) is 10.3. The molecule has 0 radical (unpaired) electrons. The third-order valence-corrected chi connectivity index (χ3v) is 6.39. The zero-order valence-electron chi connectivity index (χ0n) is 19.9. The van der Waals surface area contributed by atoms with Crippen LogP contribution in [0.2, 0.25) is 0 Å². The fourth-order valence-electron chi connectivity index (χ4n) is 3.30. The SMILES string of the molecule is CCOC(=O)Nc1nc(-c2cc(NS(=O)(=O)CC)ccc2Oc2ccc(F)cc2F)cn2c(C)nnc12. The number of carbonyl (C=O) groups is 1. The van der Waals surface area contributed by atoms with Crippen LogP contribution in [0.25, 0.3) is 16.9 Å². The van der Waals surface area contributed by atoms with Gasteiger partial charge in [0, 0.05) is 23.5 Å². The summed E-state index contributed by atoms with van der Waals surface area (Å²) >= 11 is 0. The van der Waals surface area contributed by atoms with Crippen LogP contribution in [0.3, 0.4) is 0 Å². The summed E-state index contributed by atoms with van der Waals surface area (Å²) in [6.07, 6.45) is 0.770. The first kappa shape index (κ1) is 25.8. The molecule has 0 atom stereocenters. The Bertz CT molecular complexity index is 1590. The number of anilines is 2. The summed E-state index contributed by atoms with van der Waals surface area (Å²) in [5.74, 6) is -1.61. The van der Waals surface area contributed by atoms with E-state index in [1.54, 1.807) is 24.4 Å². The fraction of sp³-hybridized carbons (Fsp3) is 0.217. The molecule has 0 saturated carbocycles. The Labute approximate surface area is 210 Å². The molecule has 2 aromatic heterocycles. The predicted octanol–water partition coefficient (Wildman–Crippen LogP) is 4.50. The van der Waals surface area contributed by atoms with Crippen LogP contribution in [0, 0.1) is 18.6 Å². The number of hydrogen-bond acceptors (Lipinski definition) is 8. The van der Waals surface area contributed by atoms with Crippen LogP contribution in [0.15, 0.2) is 42.6 Å². The van der Waals surface area contributed by atoms with E-state index >= 15 is 0 Å². The van der Waals surface area contributed by atoms with Crippen molar-refractivity contribution in [3.05, 3.63) is 60.1 Å². The van der Waals surface area contributed by atoms with E-state index in [4.69, 9.17) is 9.47 Å². The molecular weight excluding hydrogens is 510 g/mol. The van der Waals surface area contributed by atoms with Crippen molar-refractivity contribution in [2.24, 2.45) is 0 Å². The Hall–Kier alpha value is -4.33. The van der Waals surface area contributed by atoms with E-state index in [0.717, 1.165) is 12.1 Å². The van der Waals surface area contributed by atoms with Gasteiger partial charge in [0.1, 0.15) is 17.4 Å². The van der Waals surface area contributed by atoms with E-state index in [1.807, 2.05) is 0 Å². The number of aromatic nitrogens is 4. The number of hydrogen-bond donors (Lipinski definition) is 2. The molecular formula is C23H22F2N6O5S. The van der Waals surface area contributed by atoms with Crippen molar-refractivity contribution >= 4 is 33.3 Å². The molecule has 37 heavy (non-hydrogen) atoms. The summed E-state index contributed by atoms with van der Waals surface area (Å²) in [7, 11) is -3.63. The topological polar surface area (TPSA) is 137 Å². The summed E-state index contributed by atoms with van der Waals surface area (Å²) in [6, 6.07) is 7.10. The lowest BCUT2D eigenvalue weighted by Gasteiger charge is -2.15. The second-order valence-corrected chi connectivity index (χ2v) is 9.67. The molecule has 4 aromatic rings. The van der Waals surface area contributed by atoms with Gasteiger partial charge in [-0.25, -0.2) is 27.0 Å². The van der Waals surface area contributed by atoms with Crippen LogP contribution in [-0.4, -0.2) is 46.5 Å². The van der Waals surface area contributed by atoms with E-state index in [-0.39, 0.29) is 52.3 Å². The molecule has 0 aliphatic heterocycles. The Morgan fingerprint density at radius 1 is 1.08 bits per heavy atom. The monoisotopic (exact) mass is 532 g/mol. The highest BCUT2D eigenvalue weighted by atomic mass is 32.2. The number of carbonyl (C=O) groups excluding carboxylic acids is 1.